The van der Waals surface area contributed by atoms with Gasteiger partial charge in [-0.2, -0.15) is 0 Å². The largest absolute Gasteiger partial charge is 0.467 e. The summed E-state index contributed by atoms with van der Waals surface area (Å²) < 4.78 is 16.0. The van der Waals surface area contributed by atoms with Gasteiger partial charge in [-0.05, 0) is 26.0 Å². The molecule has 0 bridgehead atoms. The van der Waals surface area contributed by atoms with Gasteiger partial charge in [0.05, 0.1) is 19.0 Å². The molecule has 0 amide bonds. The van der Waals surface area contributed by atoms with Crippen LogP contribution in [-0.2, 0) is 22.6 Å². The van der Waals surface area contributed by atoms with Crippen LogP contribution in [0.5, 0.6) is 0 Å². The molecule has 0 aliphatic carbocycles. The van der Waals surface area contributed by atoms with Crippen LogP contribution in [0.25, 0.3) is 0 Å². The molecule has 0 aliphatic rings. The molecule has 17 heavy (non-hydrogen) atoms. The zero-order valence-electron chi connectivity index (χ0n) is 11.0. The standard InChI is InChI=1S/C13H23NO3/c1-4-5-14-7-12-6-13(17-9-12)10-16-11(2)8-15-3/h6,9,11,14H,4-5,7-8,10H2,1-3H3. The van der Waals surface area contributed by atoms with Crippen molar-refractivity contribution in [3.8, 4) is 0 Å². The molecule has 0 spiro atoms. The molecular formula is C13H23NO3. The minimum Gasteiger partial charge on any atom is -0.467 e. The zero-order chi connectivity index (χ0) is 12.5. The minimum absolute atomic E-state index is 0.0896. The number of nitrogens with one attached hydrogen (secondary N) is 1. The molecule has 0 fully saturated rings. The molecular weight excluding hydrogens is 218 g/mol. The molecule has 1 N–H and O–H groups in total. The van der Waals surface area contributed by atoms with E-state index >= 15 is 0 Å². The Morgan fingerprint density at radius 1 is 1.47 bits per heavy atom. The van der Waals surface area contributed by atoms with Gasteiger partial charge in [0.1, 0.15) is 12.4 Å². The zero-order valence-corrected chi connectivity index (χ0v) is 11.0. The van der Waals surface area contributed by atoms with Crippen LogP contribution in [0.4, 0.5) is 0 Å². The molecule has 1 heterocycles. The van der Waals surface area contributed by atoms with Crippen LogP contribution in [-0.4, -0.2) is 26.4 Å². The smallest absolute Gasteiger partial charge is 0.129 e. The van der Waals surface area contributed by atoms with Crippen LogP contribution in [0.15, 0.2) is 16.7 Å². The van der Waals surface area contributed by atoms with Gasteiger partial charge in [0.25, 0.3) is 0 Å². The highest BCUT2D eigenvalue weighted by atomic mass is 16.5. The molecule has 1 aromatic heterocycles. The third-order valence-corrected chi connectivity index (χ3v) is 2.38. The Labute approximate surface area is 103 Å². The fourth-order valence-electron chi connectivity index (χ4n) is 1.51. The molecule has 4 nitrogen and oxygen atoms in total. The van der Waals surface area contributed by atoms with Crippen LogP contribution in [0.1, 0.15) is 31.6 Å². The predicted molar refractivity (Wildman–Crippen MR) is 66.8 cm³/mol. The number of methoxy groups -OCH3 is 1. The van der Waals surface area contributed by atoms with Crippen molar-refractivity contribution in [2.75, 3.05) is 20.3 Å². The quantitative estimate of drug-likeness (QED) is 0.674. The van der Waals surface area contributed by atoms with Gasteiger partial charge in [0, 0.05) is 19.2 Å². The number of ether oxygens (including phenoxy) is 2. The van der Waals surface area contributed by atoms with Crippen molar-refractivity contribution in [2.45, 2.75) is 39.5 Å². The van der Waals surface area contributed by atoms with Crippen LogP contribution in [0.2, 0.25) is 0 Å². The first-order valence-electron chi connectivity index (χ1n) is 6.13. The first-order chi connectivity index (χ1) is 8.26. The molecule has 0 aromatic carbocycles. The van der Waals surface area contributed by atoms with Crippen molar-refractivity contribution >= 4 is 0 Å². The van der Waals surface area contributed by atoms with Gasteiger partial charge < -0.3 is 19.2 Å². The summed E-state index contributed by atoms with van der Waals surface area (Å²) in [6.07, 6.45) is 3.01. The maximum atomic E-state index is 5.57. The molecule has 1 aromatic rings. The summed E-state index contributed by atoms with van der Waals surface area (Å²) in [5.41, 5.74) is 1.16. The lowest BCUT2D eigenvalue weighted by Gasteiger charge is -2.09. The highest BCUT2D eigenvalue weighted by molar-refractivity contribution is 5.11. The monoisotopic (exact) mass is 241 g/mol. The molecule has 1 unspecified atom stereocenters. The summed E-state index contributed by atoms with van der Waals surface area (Å²) >= 11 is 0. The van der Waals surface area contributed by atoms with E-state index < -0.39 is 0 Å². The van der Waals surface area contributed by atoms with Gasteiger partial charge in [-0.15, -0.1) is 0 Å². The van der Waals surface area contributed by atoms with Crippen LogP contribution >= 0.6 is 0 Å². The molecule has 0 aliphatic heterocycles. The Bertz CT molecular complexity index is 299. The van der Waals surface area contributed by atoms with Gasteiger partial charge in [-0.1, -0.05) is 6.92 Å². The Hall–Kier alpha value is -0.840. The first-order valence-corrected chi connectivity index (χ1v) is 6.13. The fourth-order valence-corrected chi connectivity index (χ4v) is 1.51. The summed E-state index contributed by atoms with van der Waals surface area (Å²) in [7, 11) is 1.67. The van der Waals surface area contributed by atoms with Gasteiger partial charge in [-0.25, -0.2) is 0 Å². The number of hydrogen-bond acceptors (Lipinski definition) is 4. The second kappa shape index (κ2) is 8.28. The molecule has 0 saturated carbocycles. The average Bonchev–Trinajstić information content (AvgIpc) is 2.75. The topological polar surface area (TPSA) is 43.6 Å². The van der Waals surface area contributed by atoms with E-state index in [0.29, 0.717) is 13.2 Å². The minimum atomic E-state index is 0.0896. The Balaban J connectivity index is 2.25. The maximum absolute atomic E-state index is 5.57. The van der Waals surface area contributed by atoms with E-state index in [4.69, 9.17) is 13.9 Å². The number of furan rings is 1. The van der Waals surface area contributed by atoms with E-state index in [1.807, 2.05) is 13.0 Å². The number of hydrogen-bond donors (Lipinski definition) is 1. The third-order valence-electron chi connectivity index (χ3n) is 2.38. The predicted octanol–water partition coefficient (Wildman–Crippen LogP) is 2.33. The summed E-state index contributed by atoms with van der Waals surface area (Å²) in [6, 6.07) is 2.03. The Morgan fingerprint density at radius 3 is 3.00 bits per heavy atom. The van der Waals surface area contributed by atoms with Gasteiger partial charge in [0.2, 0.25) is 0 Å². The molecule has 1 atom stereocenters. The van der Waals surface area contributed by atoms with E-state index in [2.05, 4.69) is 12.2 Å². The summed E-state index contributed by atoms with van der Waals surface area (Å²) in [6.45, 7) is 7.12. The van der Waals surface area contributed by atoms with Crippen molar-refractivity contribution in [3.05, 3.63) is 23.7 Å². The van der Waals surface area contributed by atoms with Gasteiger partial charge >= 0.3 is 0 Å². The molecule has 4 heteroatoms. The van der Waals surface area contributed by atoms with E-state index in [1.165, 1.54) is 0 Å². The van der Waals surface area contributed by atoms with Crippen LogP contribution in [0.3, 0.4) is 0 Å². The fraction of sp³-hybridized carbons (Fsp3) is 0.692. The second-order valence-corrected chi connectivity index (χ2v) is 4.18. The lowest BCUT2D eigenvalue weighted by Crippen LogP contribution is -2.14. The van der Waals surface area contributed by atoms with Crippen LogP contribution in [0, 0.1) is 0 Å². The van der Waals surface area contributed by atoms with Crippen molar-refractivity contribution in [2.24, 2.45) is 0 Å². The summed E-state index contributed by atoms with van der Waals surface area (Å²) in [4.78, 5) is 0. The van der Waals surface area contributed by atoms with E-state index in [1.54, 1.807) is 13.4 Å². The summed E-state index contributed by atoms with van der Waals surface area (Å²) in [5, 5.41) is 3.33. The molecule has 1 rings (SSSR count). The van der Waals surface area contributed by atoms with Crippen molar-refractivity contribution in [3.63, 3.8) is 0 Å². The Morgan fingerprint density at radius 2 is 2.29 bits per heavy atom. The number of rotatable bonds is 9. The van der Waals surface area contributed by atoms with E-state index in [9.17, 15) is 0 Å². The lowest BCUT2D eigenvalue weighted by molar-refractivity contribution is -0.00635. The lowest BCUT2D eigenvalue weighted by atomic mass is 10.3. The second-order valence-electron chi connectivity index (χ2n) is 4.18. The van der Waals surface area contributed by atoms with E-state index in [0.717, 1.165) is 30.8 Å². The van der Waals surface area contributed by atoms with Crippen LogP contribution < -0.4 is 5.32 Å². The molecule has 98 valence electrons. The van der Waals surface area contributed by atoms with Crippen molar-refractivity contribution in [1.29, 1.82) is 0 Å². The van der Waals surface area contributed by atoms with Crippen molar-refractivity contribution in [1.82, 2.24) is 5.32 Å². The van der Waals surface area contributed by atoms with Gasteiger partial charge in [-0.3, -0.25) is 0 Å². The van der Waals surface area contributed by atoms with E-state index in [-0.39, 0.29) is 6.10 Å². The Kier molecular flexibility index (Phi) is 6.93. The first kappa shape index (κ1) is 14.2. The normalized spacial score (nSPS) is 12.9. The van der Waals surface area contributed by atoms with Crippen molar-refractivity contribution < 1.29 is 13.9 Å². The SMILES string of the molecule is CCCNCc1coc(COC(C)COC)c1. The molecule has 0 saturated heterocycles. The van der Waals surface area contributed by atoms with Gasteiger partial charge in [0.15, 0.2) is 0 Å². The highest BCUT2D eigenvalue weighted by Gasteiger charge is 2.05. The third kappa shape index (κ3) is 5.86. The summed E-state index contributed by atoms with van der Waals surface area (Å²) in [5.74, 6) is 0.862. The maximum Gasteiger partial charge on any atom is 0.129 e. The molecule has 0 radical (unpaired) electrons. The average molecular weight is 241 g/mol. The highest BCUT2D eigenvalue weighted by Crippen LogP contribution is 2.10.